The van der Waals surface area contributed by atoms with Gasteiger partial charge < -0.3 is 26.2 Å². The molecule has 9 heteroatoms. The van der Waals surface area contributed by atoms with Gasteiger partial charge in [0.25, 0.3) is 5.91 Å². The van der Waals surface area contributed by atoms with Crippen LogP contribution in [0.2, 0.25) is 0 Å². The van der Waals surface area contributed by atoms with E-state index in [1.807, 2.05) is 17.0 Å². The monoisotopic (exact) mass is 535 g/mol. The van der Waals surface area contributed by atoms with E-state index in [1.165, 1.54) is 17.7 Å². The molecule has 3 aromatic carbocycles. The topological polar surface area (TPSA) is 133 Å². The second-order valence-corrected chi connectivity index (χ2v) is 9.35. The van der Waals surface area contributed by atoms with Crippen molar-refractivity contribution in [2.45, 2.75) is 37.3 Å². The van der Waals surface area contributed by atoms with Crippen LogP contribution < -0.4 is 11.1 Å². The Morgan fingerprint density at radius 1 is 0.947 bits per heavy atom. The summed E-state index contributed by atoms with van der Waals surface area (Å²) < 4.78 is 0. The Bertz CT molecular complexity index is 1280. The first-order chi connectivity index (χ1) is 17.8. The molecule has 2 amide bonds. The summed E-state index contributed by atoms with van der Waals surface area (Å²) in [5.41, 5.74) is 6.64. The fraction of sp³-hybridized carbons (Fsp3) is 0.276. The lowest BCUT2D eigenvalue weighted by Gasteiger charge is -2.32. The summed E-state index contributed by atoms with van der Waals surface area (Å²) in [4.78, 5) is 39.4. The van der Waals surface area contributed by atoms with Gasteiger partial charge in [-0.1, -0.05) is 60.7 Å². The third-order valence-electron chi connectivity index (χ3n) is 6.86. The van der Waals surface area contributed by atoms with Gasteiger partial charge in [0.05, 0.1) is 6.42 Å². The smallest absolute Gasteiger partial charge is 0.340 e. The summed E-state index contributed by atoms with van der Waals surface area (Å²) in [6.07, 6.45) is 1.02. The van der Waals surface area contributed by atoms with E-state index >= 15 is 0 Å². The van der Waals surface area contributed by atoms with Crippen LogP contribution in [0.5, 0.6) is 0 Å². The van der Waals surface area contributed by atoms with Crippen LogP contribution >= 0.6 is 13.5 Å². The van der Waals surface area contributed by atoms with Crippen molar-refractivity contribution in [1.29, 1.82) is 0 Å². The van der Waals surface area contributed by atoms with Gasteiger partial charge in [0.2, 0.25) is 5.91 Å². The van der Waals surface area contributed by atoms with Crippen molar-refractivity contribution in [3.05, 3.63) is 101 Å². The first-order valence-corrected chi connectivity index (χ1v) is 12.3. The van der Waals surface area contributed by atoms with Crippen molar-refractivity contribution in [2.24, 2.45) is 5.73 Å². The summed E-state index contributed by atoms with van der Waals surface area (Å²) in [5, 5.41) is 22.9. The Hall–Kier alpha value is -3.66. The highest BCUT2D eigenvalue weighted by Crippen LogP contribution is 2.30. The lowest BCUT2D eigenvalue weighted by molar-refractivity contribution is -0.162. The maximum absolute atomic E-state index is 13.2. The van der Waals surface area contributed by atoms with Gasteiger partial charge in [-0.05, 0) is 53.6 Å². The third kappa shape index (κ3) is 6.61. The Labute approximate surface area is 228 Å². The van der Waals surface area contributed by atoms with Crippen LogP contribution in [0.3, 0.4) is 0 Å². The molecule has 1 heterocycles. The maximum Gasteiger partial charge on any atom is 0.340 e. The molecule has 0 bridgehead atoms. The van der Waals surface area contributed by atoms with Gasteiger partial charge in [-0.25, -0.2) is 4.79 Å². The molecule has 0 unspecified atom stereocenters. The molecule has 1 aliphatic rings. The Kier molecular flexibility index (Phi) is 9.68. The summed E-state index contributed by atoms with van der Waals surface area (Å²) in [7, 11) is 0. The molecule has 1 saturated heterocycles. The quantitative estimate of drug-likeness (QED) is 0.349. The molecule has 1 fully saturated rings. The molecule has 0 aliphatic carbocycles. The van der Waals surface area contributed by atoms with Crippen LogP contribution in [0.4, 0.5) is 5.69 Å². The van der Waals surface area contributed by atoms with E-state index in [9.17, 15) is 24.6 Å². The van der Waals surface area contributed by atoms with Crippen LogP contribution in [-0.4, -0.2) is 46.0 Å². The van der Waals surface area contributed by atoms with E-state index in [2.05, 4.69) is 17.4 Å². The fourth-order valence-corrected chi connectivity index (χ4v) is 4.76. The minimum Gasteiger partial charge on any atom is -0.479 e. The standard InChI is InChI=1S/C29H31N3O5.H2S/c30-19-20-6-4-7-22(16-20)21-12-14-32(15-13-21)27(34)23-8-5-11-25(17-23)31-26(33)18-29(37,28(35)36)24-9-2-1-3-10-24;/h1-11,16-17,21,37H,12-15,18-19,30H2,(H,31,33)(H,35,36);1H2/t29-;/m0./s1. The van der Waals surface area contributed by atoms with Crippen LogP contribution in [0.15, 0.2) is 78.9 Å². The number of amides is 2. The third-order valence-corrected chi connectivity index (χ3v) is 6.86. The van der Waals surface area contributed by atoms with Gasteiger partial charge in [-0.15, -0.1) is 0 Å². The minimum absolute atomic E-state index is 0. The zero-order valence-corrected chi connectivity index (χ0v) is 22.0. The lowest BCUT2D eigenvalue weighted by atomic mass is 9.88. The number of anilines is 1. The number of hydrogen-bond acceptors (Lipinski definition) is 5. The van der Waals surface area contributed by atoms with Crippen molar-refractivity contribution >= 4 is 37.0 Å². The van der Waals surface area contributed by atoms with Crippen LogP contribution in [0.1, 0.15) is 52.2 Å². The van der Waals surface area contributed by atoms with Crippen molar-refractivity contribution < 1.29 is 24.6 Å². The molecular weight excluding hydrogens is 502 g/mol. The normalized spacial score (nSPS) is 15.2. The van der Waals surface area contributed by atoms with Gasteiger partial charge in [-0.2, -0.15) is 13.5 Å². The number of hydrogen-bond donors (Lipinski definition) is 4. The van der Waals surface area contributed by atoms with E-state index in [0.717, 1.165) is 18.4 Å². The number of nitrogens with one attached hydrogen (secondary N) is 1. The first-order valence-electron chi connectivity index (χ1n) is 12.3. The second-order valence-electron chi connectivity index (χ2n) is 9.35. The molecule has 0 spiro atoms. The van der Waals surface area contributed by atoms with E-state index < -0.39 is 23.9 Å². The number of aliphatic hydroxyl groups is 1. The van der Waals surface area contributed by atoms with Crippen LogP contribution in [0.25, 0.3) is 0 Å². The molecule has 200 valence electrons. The highest BCUT2D eigenvalue weighted by Gasteiger charge is 2.40. The molecule has 0 radical (unpaired) electrons. The van der Waals surface area contributed by atoms with Gasteiger partial charge in [0, 0.05) is 30.9 Å². The molecule has 1 atom stereocenters. The van der Waals surface area contributed by atoms with E-state index in [0.29, 0.717) is 36.8 Å². The number of carboxylic acids is 1. The largest absolute Gasteiger partial charge is 0.479 e. The number of nitrogens with zero attached hydrogens (tertiary/aromatic N) is 1. The maximum atomic E-state index is 13.2. The highest BCUT2D eigenvalue weighted by molar-refractivity contribution is 7.59. The molecule has 0 saturated carbocycles. The average molecular weight is 536 g/mol. The molecule has 5 N–H and O–H groups in total. The lowest BCUT2D eigenvalue weighted by Crippen LogP contribution is -2.39. The molecule has 3 aromatic rings. The van der Waals surface area contributed by atoms with Crippen molar-refractivity contribution in [2.75, 3.05) is 18.4 Å². The van der Waals surface area contributed by atoms with E-state index in [1.54, 1.807) is 42.5 Å². The average Bonchev–Trinajstić information content (AvgIpc) is 2.93. The first kappa shape index (κ1) is 28.9. The summed E-state index contributed by atoms with van der Waals surface area (Å²) in [6.45, 7) is 1.74. The molecule has 0 aromatic heterocycles. The Balaban J connectivity index is 0.00000400. The predicted molar refractivity (Wildman–Crippen MR) is 150 cm³/mol. The molecule has 8 nitrogen and oxygen atoms in total. The SMILES string of the molecule is NCc1cccc(C2CCN(C(=O)c3cccc(NC(=O)C[C@@](O)(C(=O)O)c4ccccc4)c3)CC2)c1.S. The number of carbonyl (C=O) groups excluding carboxylic acids is 2. The van der Waals surface area contributed by atoms with Crippen LogP contribution in [-0.2, 0) is 21.7 Å². The van der Waals surface area contributed by atoms with Gasteiger partial charge in [0.1, 0.15) is 0 Å². The number of piperidine rings is 1. The number of likely N-dealkylation sites (tertiary alicyclic amines) is 1. The number of carbonyl (C=O) groups is 3. The number of benzene rings is 3. The predicted octanol–water partition coefficient (Wildman–Crippen LogP) is 3.58. The number of carboxylic acid groups (broad SMARTS) is 1. The molecule has 38 heavy (non-hydrogen) atoms. The Morgan fingerprint density at radius 2 is 1.63 bits per heavy atom. The van der Waals surface area contributed by atoms with Gasteiger partial charge in [-0.3, -0.25) is 9.59 Å². The number of nitrogens with two attached hydrogens (primary N) is 1. The number of aliphatic carboxylic acids is 1. The minimum atomic E-state index is -2.37. The van der Waals surface area contributed by atoms with Crippen molar-refractivity contribution in [1.82, 2.24) is 4.90 Å². The summed E-state index contributed by atoms with van der Waals surface area (Å²) in [6, 6.07) is 22.6. The fourth-order valence-electron chi connectivity index (χ4n) is 4.76. The van der Waals surface area contributed by atoms with Crippen LogP contribution in [0, 0.1) is 0 Å². The zero-order chi connectivity index (χ0) is 26.4. The van der Waals surface area contributed by atoms with Gasteiger partial charge >= 0.3 is 5.97 Å². The summed E-state index contributed by atoms with van der Waals surface area (Å²) >= 11 is 0. The Morgan fingerprint density at radius 3 is 2.29 bits per heavy atom. The van der Waals surface area contributed by atoms with E-state index in [-0.39, 0.29) is 25.0 Å². The zero-order valence-electron chi connectivity index (χ0n) is 21.0. The van der Waals surface area contributed by atoms with Crippen molar-refractivity contribution in [3.8, 4) is 0 Å². The molecular formula is C29H33N3O5S. The summed E-state index contributed by atoms with van der Waals surface area (Å²) in [5.74, 6) is -1.95. The van der Waals surface area contributed by atoms with E-state index in [4.69, 9.17) is 5.73 Å². The second kappa shape index (κ2) is 12.7. The van der Waals surface area contributed by atoms with Crippen molar-refractivity contribution in [3.63, 3.8) is 0 Å². The molecule has 1 aliphatic heterocycles. The number of rotatable bonds is 8. The molecule has 4 rings (SSSR count). The van der Waals surface area contributed by atoms with Gasteiger partial charge in [0.15, 0.2) is 5.60 Å². The highest BCUT2D eigenvalue weighted by atomic mass is 32.1.